The molecule has 1 aliphatic rings. The highest BCUT2D eigenvalue weighted by Gasteiger charge is 2.45. The van der Waals surface area contributed by atoms with E-state index in [2.05, 4.69) is 4.98 Å². The third-order valence-electron chi connectivity index (χ3n) is 2.80. The lowest BCUT2D eigenvalue weighted by molar-refractivity contribution is -0.170. The fourth-order valence-electron chi connectivity index (χ4n) is 1.76. The van der Waals surface area contributed by atoms with Gasteiger partial charge in [-0.15, -0.1) is 0 Å². The molecule has 1 aliphatic carbocycles. The molecule has 0 bridgehead atoms. The van der Waals surface area contributed by atoms with Crippen LogP contribution in [0.1, 0.15) is 17.9 Å². The molecule has 0 aliphatic heterocycles. The van der Waals surface area contributed by atoms with E-state index in [-0.39, 0.29) is 11.8 Å². The van der Waals surface area contributed by atoms with Crippen LogP contribution in [-0.4, -0.2) is 30.1 Å². The monoisotopic (exact) mass is 206 g/mol. The number of carbonyl (C=O) groups is 1. The summed E-state index contributed by atoms with van der Waals surface area (Å²) in [5.74, 6) is 0.439. The van der Waals surface area contributed by atoms with Crippen molar-refractivity contribution in [3.63, 3.8) is 0 Å². The molecule has 0 spiro atoms. The maximum atomic E-state index is 11.7. The van der Waals surface area contributed by atoms with Crippen molar-refractivity contribution >= 4 is 5.91 Å². The molecule has 4 heteroatoms. The lowest BCUT2D eigenvalue weighted by atomic mass is 10.1. The number of hydrogen-bond donors (Lipinski definition) is 0. The minimum atomic E-state index is 0.0475. The van der Waals surface area contributed by atoms with Gasteiger partial charge in [-0.2, -0.15) is 0 Å². The summed E-state index contributed by atoms with van der Waals surface area (Å²) in [6.45, 7) is 0. The van der Waals surface area contributed by atoms with Crippen molar-refractivity contribution in [2.45, 2.75) is 12.3 Å². The molecule has 0 radical (unpaired) electrons. The summed E-state index contributed by atoms with van der Waals surface area (Å²) in [4.78, 5) is 20.6. The van der Waals surface area contributed by atoms with Crippen LogP contribution >= 0.6 is 0 Å². The average molecular weight is 206 g/mol. The van der Waals surface area contributed by atoms with Gasteiger partial charge in [-0.05, 0) is 24.0 Å². The van der Waals surface area contributed by atoms with Gasteiger partial charge in [-0.1, -0.05) is 6.07 Å². The van der Waals surface area contributed by atoms with Gasteiger partial charge in [0.05, 0.1) is 7.11 Å². The maximum absolute atomic E-state index is 11.7. The molecule has 2 rings (SSSR count). The van der Waals surface area contributed by atoms with Gasteiger partial charge in [0.1, 0.15) is 0 Å². The van der Waals surface area contributed by atoms with E-state index in [1.54, 1.807) is 13.2 Å². The van der Waals surface area contributed by atoms with Crippen molar-refractivity contribution in [3.05, 3.63) is 30.1 Å². The van der Waals surface area contributed by atoms with Gasteiger partial charge in [0.15, 0.2) is 0 Å². The highest BCUT2D eigenvalue weighted by Crippen LogP contribution is 2.47. The summed E-state index contributed by atoms with van der Waals surface area (Å²) in [6, 6.07) is 3.91. The zero-order valence-corrected chi connectivity index (χ0v) is 8.88. The Balaban J connectivity index is 2.00. The van der Waals surface area contributed by atoms with Crippen molar-refractivity contribution in [2.24, 2.45) is 5.92 Å². The molecule has 1 aromatic heterocycles. The van der Waals surface area contributed by atoms with Gasteiger partial charge in [0.2, 0.25) is 5.91 Å². The SMILES string of the molecule is CON(C)C(=O)C1CC1c1cccnc1. The first-order chi connectivity index (χ1) is 7.24. The molecular formula is C11H14N2O2. The summed E-state index contributed by atoms with van der Waals surface area (Å²) in [5.41, 5.74) is 1.14. The Bertz CT molecular complexity index is 353. The van der Waals surface area contributed by atoms with E-state index >= 15 is 0 Å². The van der Waals surface area contributed by atoms with Gasteiger partial charge in [0, 0.05) is 25.4 Å². The minimum Gasteiger partial charge on any atom is -0.275 e. The number of aromatic nitrogens is 1. The van der Waals surface area contributed by atoms with Gasteiger partial charge < -0.3 is 0 Å². The summed E-state index contributed by atoms with van der Waals surface area (Å²) >= 11 is 0. The lowest BCUT2D eigenvalue weighted by Gasteiger charge is -2.13. The van der Waals surface area contributed by atoms with E-state index in [4.69, 9.17) is 4.84 Å². The normalized spacial score (nSPS) is 23.6. The van der Waals surface area contributed by atoms with Gasteiger partial charge in [0.25, 0.3) is 0 Å². The van der Waals surface area contributed by atoms with Crippen LogP contribution in [0.25, 0.3) is 0 Å². The quantitative estimate of drug-likeness (QED) is 0.698. The summed E-state index contributed by atoms with van der Waals surface area (Å²) < 4.78 is 0. The van der Waals surface area contributed by atoms with Crippen molar-refractivity contribution < 1.29 is 9.63 Å². The molecule has 1 aromatic rings. The highest BCUT2D eigenvalue weighted by atomic mass is 16.7. The third-order valence-corrected chi connectivity index (χ3v) is 2.80. The standard InChI is InChI=1S/C11H14N2O2/c1-13(15-2)11(14)10-6-9(10)8-4-3-5-12-7-8/h3-5,7,9-10H,6H2,1-2H3. The topological polar surface area (TPSA) is 42.4 Å². The van der Waals surface area contributed by atoms with E-state index < -0.39 is 0 Å². The summed E-state index contributed by atoms with van der Waals surface area (Å²) in [6.07, 6.45) is 4.47. The molecule has 0 saturated heterocycles. The van der Waals surface area contributed by atoms with Gasteiger partial charge in [-0.3, -0.25) is 14.6 Å². The predicted molar refractivity (Wildman–Crippen MR) is 54.9 cm³/mol. The summed E-state index contributed by atoms with van der Waals surface area (Å²) in [7, 11) is 3.14. The van der Waals surface area contributed by atoms with E-state index in [0.717, 1.165) is 12.0 Å². The first-order valence-corrected chi connectivity index (χ1v) is 4.95. The second kappa shape index (κ2) is 3.98. The predicted octanol–water partition coefficient (Wildman–Crippen LogP) is 1.20. The van der Waals surface area contributed by atoms with Crippen molar-refractivity contribution in [3.8, 4) is 0 Å². The van der Waals surface area contributed by atoms with E-state index in [9.17, 15) is 4.79 Å². The Kier molecular flexibility index (Phi) is 2.68. The van der Waals surface area contributed by atoms with Crippen LogP contribution in [0.15, 0.2) is 24.5 Å². The first-order valence-electron chi connectivity index (χ1n) is 4.95. The smallest absolute Gasteiger partial charge is 0.249 e. The Labute approximate surface area is 88.8 Å². The van der Waals surface area contributed by atoms with E-state index in [1.807, 2.05) is 18.3 Å². The largest absolute Gasteiger partial charge is 0.275 e. The Morgan fingerprint density at radius 2 is 2.47 bits per heavy atom. The lowest BCUT2D eigenvalue weighted by Crippen LogP contribution is -2.27. The molecule has 80 valence electrons. The zero-order chi connectivity index (χ0) is 10.8. The number of pyridine rings is 1. The fraction of sp³-hybridized carbons (Fsp3) is 0.455. The Morgan fingerprint density at radius 3 is 3.07 bits per heavy atom. The Morgan fingerprint density at radius 1 is 1.67 bits per heavy atom. The molecule has 2 unspecified atom stereocenters. The van der Waals surface area contributed by atoms with E-state index in [0.29, 0.717) is 5.92 Å². The third kappa shape index (κ3) is 1.99. The zero-order valence-electron chi connectivity index (χ0n) is 8.88. The van der Waals surface area contributed by atoms with Gasteiger partial charge >= 0.3 is 0 Å². The van der Waals surface area contributed by atoms with Crippen LogP contribution in [0.2, 0.25) is 0 Å². The van der Waals surface area contributed by atoms with Crippen LogP contribution in [-0.2, 0) is 9.63 Å². The second-order valence-electron chi connectivity index (χ2n) is 3.75. The maximum Gasteiger partial charge on any atom is 0.249 e. The number of hydroxylamine groups is 2. The van der Waals surface area contributed by atoms with Gasteiger partial charge in [-0.25, -0.2) is 5.06 Å². The molecule has 1 fully saturated rings. The minimum absolute atomic E-state index is 0.0475. The molecule has 1 saturated carbocycles. The average Bonchev–Trinajstić information content (AvgIpc) is 3.08. The van der Waals surface area contributed by atoms with Crippen molar-refractivity contribution in [1.29, 1.82) is 0 Å². The second-order valence-corrected chi connectivity index (χ2v) is 3.75. The van der Waals surface area contributed by atoms with Crippen LogP contribution in [0, 0.1) is 5.92 Å². The van der Waals surface area contributed by atoms with Crippen molar-refractivity contribution in [2.75, 3.05) is 14.2 Å². The van der Waals surface area contributed by atoms with E-state index in [1.165, 1.54) is 12.2 Å². The molecule has 0 aromatic carbocycles. The number of amides is 1. The molecule has 2 atom stereocenters. The molecule has 0 N–H and O–H groups in total. The van der Waals surface area contributed by atoms with Crippen molar-refractivity contribution in [1.82, 2.24) is 10.0 Å². The molecule has 1 heterocycles. The molecule has 4 nitrogen and oxygen atoms in total. The fourth-order valence-corrected chi connectivity index (χ4v) is 1.76. The van der Waals surface area contributed by atoms with Crippen LogP contribution in [0.3, 0.4) is 0 Å². The molecule has 15 heavy (non-hydrogen) atoms. The Hall–Kier alpha value is -1.42. The number of nitrogens with zero attached hydrogens (tertiary/aromatic N) is 2. The number of rotatable bonds is 3. The number of carbonyl (C=O) groups excluding carboxylic acids is 1. The summed E-state index contributed by atoms with van der Waals surface area (Å²) in [5, 5.41) is 1.29. The molecular weight excluding hydrogens is 192 g/mol. The van der Waals surface area contributed by atoms with Crippen LogP contribution in [0.5, 0.6) is 0 Å². The first kappa shape index (κ1) is 10.1. The number of hydrogen-bond acceptors (Lipinski definition) is 3. The molecule has 1 amide bonds. The van der Waals surface area contributed by atoms with Crippen LogP contribution in [0.4, 0.5) is 0 Å². The van der Waals surface area contributed by atoms with Crippen LogP contribution < -0.4 is 0 Å². The highest BCUT2D eigenvalue weighted by molar-refractivity contribution is 5.81.